The molecule has 5 nitrogen and oxygen atoms in total. The fourth-order valence-electron chi connectivity index (χ4n) is 1.11. The minimum absolute atomic E-state index is 0.113. The average molecular weight is 242 g/mol. The Labute approximate surface area is 95.4 Å². The first-order chi connectivity index (χ1) is 8.12. The third kappa shape index (κ3) is 3.11. The summed E-state index contributed by atoms with van der Waals surface area (Å²) in [6.45, 7) is -2.21. The predicted octanol–water partition coefficient (Wildman–Crippen LogP) is 2.15. The Hall–Kier alpha value is -2.23. The summed E-state index contributed by atoms with van der Waals surface area (Å²) in [4.78, 5) is 9.89. The lowest BCUT2D eigenvalue weighted by molar-refractivity contribution is -0.386. The maximum atomic E-state index is 12.3. The van der Waals surface area contributed by atoms with Gasteiger partial charge in [0, 0.05) is 12.1 Å². The molecule has 0 spiro atoms. The fraction of sp³-hybridized carbons (Fsp3) is 0.300. The molecule has 1 aromatic carbocycles. The van der Waals surface area contributed by atoms with Crippen LogP contribution in [0.1, 0.15) is 5.56 Å². The topological polar surface area (TPSA) is 76.2 Å². The second kappa shape index (κ2) is 5.75. The summed E-state index contributed by atoms with van der Waals surface area (Å²) in [6.07, 6.45) is -1.40. The number of benzene rings is 1. The Morgan fingerprint density at radius 2 is 2.12 bits per heavy atom. The van der Waals surface area contributed by atoms with Crippen LogP contribution in [0.4, 0.5) is 14.5 Å². The Balaban J connectivity index is 3.09. The molecule has 0 radical (unpaired) electrons. The van der Waals surface area contributed by atoms with E-state index in [-0.39, 0.29) is 11.3 Å². The molecule has 0 N–H and O–H groups in total. The van der Waals surface area contributed by atoms with E-state index >= 15 is 0 Å². The standard InChI is InChI=1S/C10H8F2N2O3/c11-4-8(5-12)17-10-3-7(6-13)1-2-9(10)14(15)16/h1-3,8H,4-5H2. The van der Waals surface area contributed by atoms with E-state index in [1.807, 2.05) is 0 Å². The maximum Gasteiger partial charge on any atom is 0.311 e. The molecule has 1 rings (SSSR count). The molecule has 0 aliphatic heterocycles. The van der Waals surface area contributed by atoms with Crippen LogP contribution in [0, 0.1) is 21.4 Å². The molecule has 1 aromatic rings. The van der Waals surface area contributed by atoms with E-state index in [9.17, 15) is 18.9 Å². The van der Waals surface area contributed by atoms with Crippen LogP contribution >= 0.6 is 0 Å². The van der Waals surface area contributed by atoms with Gasteiger partial charge in [0.2, 0.25) is 0 Å². The van der Waals surface area contributed by atoms with Crippen LogP contribution in [0.3, 0.4) is 0 Å². The first-order valence-corrected chi connectivity index (χ1v) is 4.59. The predicted molar refractivity (Wildman–Crippen MR) is 54.2 cm³/mol. The number of hydrogen-bond donors (Lipinski definition) is 0. The van der Waals surface area contributed by atoms with Gasteiger partial charge >= 0.3 is 5.69 Å². The van der Waals surface area contributed by atoms with Gasteiger partial charge in [0.05, 0.1) is 16.6 Å². The van der Waals surface area contributed by atoms with Crippen molar-refractivity contribution in [2.75, 3.05) is 13.3 Å². The van der Waals surface area contributed by atoms with Gasteiger partial charge in [0.1, 0.15) is 13.3 Å². The van der Waals surface area contributed by atoms with Crippen LogP contribution in [0.25, 0.3) is 0 Å². The number of alkyl halides is 2. The highest BCUT2D eigenvalue weighted by Gasteiger charge is 2.19. The lowest BCUT2D eigenvalue weighted by Gasteiger charge is -2.12. The Kier molecular flexibility index (Phi) is 4.34. The van der Waals surface area contributed by atoms with Crippen LogP contribution in [-0.4, -0.2) is 24.4 Å². The smallest absolute Gasteiger partial charge is 0.311 e. The molecule has 0 aromatic heterocycles. The average Bonchev–Trinajstić information content (AvgIpc) is 2.35. The normalized spacial score (nSPS) is 10.0. The summed E-state index contributed by atoms with van der Waals surface area (Å²) in [5, 5.41) is 19.3. The van der Waals surface area contributed by atoms with Crippen molar-refractivity contribution in [3.8, 4) is 11.8 Å². The molecular formula is C10H8F2N2O3. The van der Waals surface area contributed by atoms with E-state index in [1.165, 1.54) is 6.07 Å². The van der Waals surface area contributed by atoms with Gasteiger partial charge in [-0.2, -0.15) is 5.26 Å². The van der Waals surface area contributed by atoms with E-state index in [1.54, 1.807) is 6.07 Å². The van der Waals surface area contributed by atoms with Crippen molar-refractivity contribution in [2.45, 2.75) is 6.10 Å². The molecule has 0 amide bonds. The number of nitriles is 1. The van der Waals surface area contributed by atoms with Crippen molar-refractivity contribution < 1.29 is 18.4 Å². The van der Waals surface area contributed by atoms with Gasteiger partial charge in [0.25, 0.3) is 0 Å². The fourth-order valence-corrected chi connectivity index (χ4v) is 1.11. The van der Waals surface area contributed by atoms with Gasteiger partial charge in [-0.25, -0.2) is 8.78 Å². The summed E-state index contributed by atoms with van der Waals surface area (Å²) in [6, 6.07) is 5.12. The molecule has 0 aliphatic rings. The molecule has 0 bridgehead atoms. The van der Waals surface area contributed by atoms with Gasteiger partial charge in [-0.3, -0.25) is 10.1 Å². The second-order valence-corrected chi connectivity index (χ2v) is 3.10. The monoisotopic (exact) mass is 242 g/mol. The van der Waals surface area contributed by atoms with E-state index in [4.69, 9.17) is 10.00 Å². The lowest BCUT2D eigenvalue weighted by Crippen LogP contribution is -2.21. The van der Waals surface area contributed by atoms with Crippen LogP contribution in [0.5, 0.6) is 5.75 Å². The number of halogens is 2. The van der Waals surface area contributed by atoms with E-state index in [0.717, 1.165) is 12.1 Å². The number of nitrogens with zero attached hydrogens (tertiary/aromatic N) is 2. The van der Waals surface area contributed by atoms with E-state index < -0.39 is 30.1 Å². The number of nitro groups is 1. The molecule has 17 heavy (non-hydrogen) atoms. The Bertz CT molecular complexity index is 455. The molecule has 0 unspecified atom stereocenters. The molecule has 0 saturated carbocycles. The molecule has 0 fully saturated rings. The van der Waals surface area contributed by atoms with Crippen LogP contribution in [0.15, 0.2) is 18.2 Å². The maximum absolute atomic E-state index is 12.3. The quantitative estimate of drug-likeness (QED) is 0.585. The molecule has 0 heterocycles. The SMILES string of the molecule is N#Cc1ccc([N+](=O)[O-])c(OC(CF)CF)c1. The first-order valence-electron chi connectivity index (χ1n) is 4.59. The van der Waals surface area contributed by atoms with Crippen molar-refractivity contribution in [3.05, 3.63) is 33.9 Å². The summed E-state index contributed by atoms with van der Waals surface area (Å²) < 4.78 is 29.3. The van der Waals surface area contributed by atoms with Gasteiger partial charge in [0.15, 0.2) is 11.9 Å². The molecular weight excluding hydrogens is 234 g/mol. The van der Waals surface area contributed by atoms with Crippen LogP contribution in [0.2, 0.25) is 0 Å². The number of hydrogen-bond acceptors (Lipinski definition) is 4. The van der Waals surface area contributed by atoms with Crippen LogP contribution in [-0.2, 0) is 0 Å². The zero-order chi connectivity index (χ0) is 12.8. The van der Waals surface area contributed by atoms with Crippen molar-refractivity contribution in [3.63, 3.8) is 0 Å². The summed E-state index contributed by atoms with van der Waals surface area (Å²) in [5.74, 6) is -0.311. The van der Waals surface area contributed by atoms with Gasteiger partial charge in [-0.15, -0.1) is 0 Å². The summed E-state index contributed by atoms with van der Waals surface area (Å²) in [5.41, 5.74) is -0.321. The molecule has 0 aliphatic carbocycles. The largest absolute Gasteiger partial charge is 0.478 e. The minimum atomic E-state index is -1.40. The first kappa shape index (κ1) is 12.8. The van der Waals surface area contributed by atoms with Crippen molar-refractivity contribution in [1.29, 1.82) is 5.26 Å². The van der Waals surface area contributed by atoms with Crippen molar-refractivity contribution >= 4 is 5.69 Å². The molecule has 0 saturated heterocycles. The highest BCUT2D eigenvalue weighted by atomic mass is 19.1. The second-order valence-electron chi connectivity index (χ2n) is 3.10. The third-order valence-electron chi connectivity index (χ3n) is 1.92. The number of ether oxygens (including phenoxy) is 1. The Morgan fingerprint density at radius 3 is 2.59 bits per heavy atom. The summed E-state index contributed by atoms with van der Waals surface area (Å²) >= 11 is 0. The van der Waals surface area contributed by atoms with Crippen molar-refractivity contribution in [2.24, 2.45) is 0 Å². The van der Waals surface area contributed by atoms with E-state index in [0.29, 0.717) is 0 Å². The van der Waals surface area contributed by atoms with Gasteiger partial charge in [-0.05, 0) is 6.07 Å². The lowest BCUT2D eigenvalue weighted by atomic mass is 10.2. The number of nitro benzene ring substituents is 1. The van der Waals surface area contributed by atoms with Gasteiger partial charge in [-0.1, -0.05) is 0 Å². The van der Waals surface area contributed by atoms with Gasteiger partial charge < -0.3 is 4.74 Å². The highest BCUT2D eigenvalue weighted by Crippen LogP contribution is 2.28. The molecule has 0 atom stereocenters. The summed E-state index contributed by atoms with van der Waals surface area (Å²) in [7, 11) is 0. The van der Waals surface area contributed by atoms with E-state index in [2.05, 4.69) is 0 Å². The molecule has 90 valence electrons. The highest BCUT2D eigenvalue weighted by molar-refractivity contribution is 5.51. The Morgan fingerprint density at radius 1 is 1.47 bits per heavy atom. The molecule has 7 heteroatoms. The zero-order valence-corrected chi connectivity index (χ0v) is 8.60. The van der Waals surface area contributed by atoms with Crippen LogP contribution < -0.4 is 4.74 Å². The number of rotatable bonds is 5. The third-order valence-corrected chi connectivity index (χ3v) is 1.92. The van der Waals surface area contributed by atoms with Crippen molar-refractivity contribution in [1.82, 2.24) is 0 Å². The minimum Gasteiger partial charge on any atom is -0.478 e. The zero-order valence-electron chi connectivity index (χ0n) is 8.60.